The monoisotopic (exact) mass is 441 g/mol. The molecule has 2 aromatic carbocycles. The van der Waals surface area contributed by atoms with E-state index in [1.165, 1.54) is 18.5 Å². The van der Waals surface area contributed by atoms with Gasteiger partial charge in [0.15, 0.2) is 0 Å². The molecule has 2 aromatic rings. The lowest BCUT2D eigenvalue weighted by atomic mass is 9.99. The molecule has 0 spiro atoms. The van der Waals surface area contributed by atoms with E-state index < -0.39 is 10.0 Å². The molecule has 1 amide bonds. The quantitative estimate of drug-likeness (QED) is 0.733. The summed E-state index contributed by atoms with van der Waals surface area (Å²) in [5.41, 5.74) is 2.87. The highest BCUT2D eigenvalue weighted by atomic mass is 32.2. The first-order valence-corrected chi connectivity index (χ1v) is 12.6. The van der Waals surface area contributed by atoms with E-state index in [9.17, 15) is 13.2 Å². The second-order valence-corrected chi connectivity index (χ2v) is 10.5. The number of hydrogen-bond donors (Lipinski definition) is 1. The summed E-state index contributed by atoms with van der Waals surface area (Å²) < 4.78 is 28.5. The van der Waals surface area contributed by atoms with E-state index in [-0.39, 0.29) is 16.8 Å². The Kier molecular flexibility index (Phi) is 6.34. The lowest BCUT2D eigenvalue weighted by molar-refractivity contribution is -0.117. The summed E-state index contributed by atoms with van der Waals surface area (Å²) in [6.07, 6.45) is 3.88. The van der Waals surface area contributed by atoms with Crippen molar-refractivity contribution in [3.05, 3.63) is 54.1 Å². The van der Waals surface area contributed by atoms with Gasteiger partial charge >= 0.3 is 0 Å². The Morgan fingerprint density at radius 1 is 0.968 bits per heavy atom. The molecule has 2 heterocycles. The van der Waals surface area contributed by atoms with Gasteiger partial charge in [-0.1, -0.05) is 19.1 Å². The molecule has 2 aliphatic rings. The van der Waals surface area contributed by atoms with E-state index in [4.69, 9.17) is 0 Å². The number of rotatable bonds is 6. The van der Waals surface area contributed by atoms with Gasteiger partial charge in [-0.3, -0.25) is 4.79 Å². The summed E-state index contributed by atoms with van der Waals surface area (Å²) in [4.78, 5) is 16.2. The second-order valence-electron chi connectivity index (χ2n) is 8.77. The van der Waals surface area contributed by atoms with Gasteiger partial charge in [0.05, 0.1) is 4.90 Å². The number of carbonyl (C=O) groups is 1. The highest BCUT2D eigenvalue weighted by Gasteiger charge is 2.23. The minimum atomic E-state index is -3.66. The molecule has 2 fully saturated rings. The second kappa shape index (κ2) is 9.01. The maximum Gasteiger partial charge on any atom is 0.241 e. The highest BCUT2D eigenvalue weighted by Crippen LogP contribution is 2.26. The van der Waals surface area contributed by atoms with Crippen LogP contribution < -0.4 is 14.5 Å². The summed E-state index contributed by atoms with van der Waals surface area (Å²) in [6.45, 7) is 6.97. The van der Waals surface area contributed by atoms with Crippen LogP contribution in [0.5, 0.6) is 0 Å². The first-order chi connectivity index (χ1) is 14.8. The van der Waals surface area contributed by atoms with Crippen molar-refractivity contribution in [2.24, 2.45) is 5.92 Å². The fraction of sp³-hybridized carbons (Fsp3) is 0.458. The van der Waals surface area contributed by atoms with Crippen LogP contribution in [-0.4, -0.2) is 34.0 Å². The van der Waals surface area contributed by atoms with Gasteiger partial charge < -0.3 is 9.80 Å². The Balaban J connectivity index is 1.42. The first-order valence-electron chi connectivity index (χ1n) is 11.1. The zero-order valence-electron chi connectivity index (χ0n) is 18.3. The fourth-order valence-electron chi connectivity index (χ4n) is 4.49. The number of anilines is 2. The zero-order chi connectivity index (χ0) is 22.0. The Morgan fingerprint density at radius 2 is 1.65 bits per heavy atom. The average molecular weight is 442 g/mol. The normalized spacial score (nSPS) is 20.8. The molecule has 0 aromatic heterocycles. The van der Waals surface area contributed by atoms with Gasteiger partial charge in [-0.05, 0) is 74.1 Å². The molecule has 166 valence electrons. The van der Waals surface area contributed by atoms with Crippen LogP contribution in [0.1, 0.15) is 51.1 Å². The van der Waals surface area contributed by atoms with Crippen molar-refractivity contribution >= 4 is 27.3 Å². The summed E-state index contributed by atoms with van der Waals surface area (Å²) in [6, 6.07) is 14.4. The van der Waals surface area contributed by atoms with Gasteiger partial charge in [0.25, 0.3) is 0 Å². The molecule has 4 rings (SSSR count). The Bertz CT molecular complexity index is 1020. The summed E-state index contributed by atoms with van der Waals surface area (Å²) in [5.74, 6) is 0.791. The van der Waals surface area contributed by atoms with Crippen LogP contribution >= 0.6 is 0 Å². The molecular formula is C24H31N3O3S. The van der Waals surface area contributed by atoms with Crippen molar-refractivity contribution in [2.45, 2.75) is 50.5 Å². The molecular weight excluding hydrogens is 410 g/mol. The van der Waals surface area contributed by atoms with Crippen LogP contribution in [0, 0.1) is 5.92 Å². The Labute approximate surface area is 185 Å². The third kappa shape index (κ3) is 4.93. The molecule has 0 radical (unpaired) electrons. The Morgan fingerprint density at radius 3 is 2.26 bits per heavy atom. The number of benzene rings is 2. The molecule has 7 heteroatoms. The van der Waals surface area contributed by atoms with Crippen molar-refractivity contribution in [3.63, 3.8) is 0 Å². The standard InChI is InChI=1S/C24H31N3O3S/c1-18-5-3-15-26(17-18)21-9-7-20(8-10-21)19(2)25-31(29,30)23-13-11-22(12-14-23)27-16-4-6-24(27)28/h7-14,18-19,25H,3-6,15-17H2,1-2H3. The SMILES string of the molecule is CC1CCCN(c2ccc(C(C)NS(=O)(=O)c3ccc(N4CCCC4=O)cc3)cc2)C1. The zero-order valence-corrected chi connectivity index (χ0v) is 19.1. The summed E-state index contributed by atoms with van der Waals surface area (Å²) >= 11 is 0. The molecule has 0 bridgehead atoms. The summed E-state index contributed by atoms with van der Waals surface area (Å²) in [7, 11) is -3.66. The molecule has 0 saturated carbocycles. The maximum atomic E-state index is 12.9. The van der Waals surface area contributed by atoms with Crippen LogP contribution in [0.2, 0.25) is 0 Å². The van der Waals surface area contributed by atoms with Crippen molar-refractivity contribution in [1.29, 1.82) is 0 Å². The van der Waals surface area contributed by atoms with E-state index in [1.54, 1.807) is 29.2 Å². The summed E-state index contributed by atoms with van der Waals surface area (Å²) in [5, 5.41) is 0. The number of amides is 1. The third-order valence-corrected chi connectivity index (χ3v) is 7.84. The van der Waals surface area contributed by atoms with E-state index in [0.717, 1.165) is 30.8 Å². The van der Waals surface area contributed by atoms with Crippen LogP contribution in [0.15, 0.2) is 53.4 Å². The van der Waals surface area contributed by atoms with Crippen LogP contribution in [0.25, 0.3) is 0 Å². The van der Waals surface area contributed by atoms with Crippen LogP contribution in [0.4, 0.5) is 11.4 Å². The predicted molar refractivity (Wildman–Crippen MR) is 124 cm³/mol. The molecule has 2 saturated heterocycles. The number of hydrogen-bond acceptors (Lipinski definition) is 4. The predicted octanol–water partition coefficient (Wildman–Crippen LogP) is 4.09. The number of nitrogens with one attached hydrogen (secondary N) is 1. The topological polar surface area (TPSA) is 69.7 Å². The molecule has 1 N–H and O–H groups in total. The fourth-order valence-corrected chi connectivity index (χ4v) is 5.72. The van der Waals surface area contributed by atoms with Crippen molar-refractivity contribution in [3.8, 4) is 0 Å². The third-order valence-electron chi connectivity index (χ3n) is 6.28. The van der Waals surface area contributed by atoms with Gasteiger partial charge in [0.1, 0.15) is 0 Å². The first kappa shape index (κ1) is 21.8. The van der Waals surface area contributed by atoms with Crippen molar-refractivity contribution < 1.29 is 13.2 Å². The minimum absolute atomic E-state index is 0.0878. The van der Waals surface area contributed by atoms with Crippen LogP contribution in [0.3, 0.4) is 0 Å². The van der Waals surface area contributed by atoms with Crippen molar-refractivity contribution in [2.75, 3.05) is 29.4 Å². The molecule has 31 heavy (non-hydrogen) atoms. The van der Waals surface area contributed by atoms with Gasteiger partial charge in [-0.2, -0.15) is 0 Å². The maximum absolute atomic E-state index is 12.9. The van der Waals surface area contributed by atoms with E-state index >= 15 is 0 Å². The number of carbonyl (C=O) groups excluding carboxylic acids is 1. The smallest absolute Gasteiger partial charge is 0.241 e. The molecule has 2 aliphatic heterocycles. The van der Waals surface area contributed by atoms with Gasteiger partial charge in [0.2, 0.25) is 15.9 Å². The van der Waals surface area contributed by atoms with Gasteiger partial charge in [-0.25, -0.2) is 13.1 Å². The van der Waals surface area contributed by atoms with Crippen molar-refractivity contribution in [1.82, 2.24) is 4.72 Å². The van der Waals surface area contributed by atoms with Gasteiger partial charge in [0, 0.05) is 43.5 Å². The van der Waals surface area contributed by atoms with E-state index in [1.807, 2.05) is 19.1 Å². The molecule has 6 nitrogen and oxygen atoms in total. The molecule has 2 unspecified atom stereocenters. The van der Waals surface area contributed by atoms with E-state index in [0.29, 0.717) is 18.9 Å². The largest absolute Gasteiger partial charge is 0.371 e. The Hall–Kier alpha value is -2.38. The van der Waals surface area contributed by atoms with E-state index in [2.05, 4.69) is 28.7 Å². The van der Waals surface area contributed by atoms with Crippen LogP contribution in [-0.2, 0) is 14.8 Å². The molecule has 2 atom stereocenters. The number of piperidine rings is 1. The number of sulfonamides is 1. The number of nitrogens with zero attached hydrogens (tertiary/aromatic N) is 2. The molecule has 0 aliphatic carbocycles. The lowest BCUT2D eigenvalue weighted by Crippen LogP contribution is -2.34. The van der Waals surface area contributed by atoms with Gasteiger partial charge in [-0.15, -0.1) is 0 Å². The average Bonchev–Trinajstić information content (AvgIpc) is 3.19. The highest BCUT2D eigenvalue weighted by molar-refractivity contribution is 7.89. The lowest BCUT2D eigenvalue weighted by Gasteiger charge is -2.33. The minimum Gasteiger partial charge on any atom is -0.371 e.